The molecule has 0 spiro atoms. The molecule has 2 nitrogen and oxygen atoms in total. The summed E-state index contributed by atoms with van der Waals surface area (Å²) in [7, 11) is 1.22. The van der Waals surface area contributed by atoms with Gasteiger partial charge in [0.25, 0.3) is 0 Å². The fourth-order valence-electron chi connectivity index (χ4n) is 2.01. The zero-order valence-corrected chi connectivity index (χ0v) is 14.0. The number of halogens is 6. The molecule has 0 bridgehead atoms. The zero-order valence-electron chi connectivity index (χ0n) is 11.6. The van der Waals surface area contributed by atoms with E-state index in [1.807, 2.05) is 0 Å². The molecule has 1 heterocycles. The summed E-state index contributed by atoms with van der Waals surface area (Å²) in [6.07, 6.45) is 0.504. The highest BCUT2D eigenvalue weighted by molar-refractivity contribution is 9.10. The third-order valence-electron chi connectivity index (χ3n) is 3.07. The van der Waals surface area contributed by atoms with E-state index >= 15 is 0 Å². The lowest BCUT2D eigenvalue weighted by Gasteiger charge is -2.09. The summed E-state index contributed by atoms with van der Waals surface area (Å²) in [5, 5.41) is -0.0235. The second kappa shape index (κ2) is 6.46. The Kier molecular flexibility index (Phi) is 4.97. The van der Waals surface area contributed by atoms with Crippen molar-refractivity contribution >= 4 is 27.5 Å². The van der Waals surface area contributed by atoms with Crippen LogP contribution in [0.4, 0.5) is 17.6 Å². The van der Waals surface area contributed by atoms with Crippen LogP contribution in [0.15, 0.2) is 22.8 Å². The molecule has 23 heavy (non-hydrogen) atoms. The number of hydrogen-bond acceptors (Lipinski definition) is 1. The maximum Gasteiger partial charge on any atom is 0.431 e. The smallest absolute Gasteiger partial charge is 0.431 e. The Bertz CT molecular complexity index is 792. The van der Waals surface area contributed by atoms with Crippen molar-refractivity contribution in [3.8, 4) is 29.2 Å². The maximum atomic E-state index is 14.2. The first kappa shape index (κ1) is 17.7. The average Bonchev–Trinajstić information content (AvgIpc) is 2.74. The van der Waals surface area contributed by atoms with Gasteiger partial charge in [0.15, 0.2) is 0 Å². The predicted molar refractivity (Wildman–Crippen MR) is 82.8 cm³/mol. The van der Waals surface area contributed by atoms with Crippen molar-refractivity contribution in [2.45, 2.75) is 6.18 Å². The van der Waals surface area contributed by atoms with Gasteiger partial charge in [0.05, 0.1) is 9.63 Å². The van der Waals surface area contributed by atoms with E-state index < -0.39 is 17.7 Å². The van der Waals surface area contributed by atoms with Gasteiger partial charge in [-0.05, 0) is 34.1 Å². The summed E-state index contributed by atoms with van der Waals surface area (Å²) in [6.45, 7) is -0.103. The van der Waals surface area contributed by atoms with Crippen molar-refractivity contribution in [2.24, 2.45) is 7.05 Å². The normalized spacial score (nSPS) is 11.4. The molecular formula is C15H9BrClF4NO. The van der Waals surface area contributed by atoms with Crippen LogP contribution in [-0.2, 0) is 13.2 Å². The molecule has 0 radical (unpaired) electrons. The molecule has 0 fully saturated rings. The lowest BCUT2D eigenvalue weighted by Crippen LogP contribution is -2.10. The molecule has 0 aliphatic heterocycles. The molecule has 2 aromatic rings. The Morgan fingerprint density at radius 1 is 1.30 bits per heavy atom. The van der Waals surface area contributed by atoms with E-state index in [4.69, 9.17) is 22.8 Å². The number of benzene rings is 1. The molecule has 0 unspecified atom stereocenters. The molecule has 2 rings (SSSR count). The minimum Gasteiger partial charge on any atom is -0.479 e. The molecule has 8 heteroatoms. The number of hydrogen-bond donors (Lipinski definition) is 0. The van der Waals surface area contributed by atoms with Gasteiger partial charge < -0.3 is 9.30 Å². The topological polar surface area (TPSA) is 14.2 Å². The van der Waals surface area contributed by atoms with Crippen LogP contribution >= 0.6 is 27.5 Å². The first-order valence-electron chi connectivity index (χ1n) is 6.15. The molecule has 122 valence electrons. The Labute approximate surface area is 143 Å². The minimum atomic E-state index is -4.57. The van der Waals surface area contributed by atoms with Gasteiger partial charge in [-0.1, -0.05) is 17.5 Å². The summed E-state index contributed by atoms with van der Waals surface area (Å²) < 4.78 is 59.2. The monoisotopic (exact) mass is 409 g/mol. The molecule has 0 N–H and O–H groups in total. The number of alkyl halides is 3. The molecule has 1 aromatic carbocycles. The highest BCUT2D eigenvalue weighted by atomic mass is 79.9. The van der Waals surface area contributed by atoms with Crippen LogP contribution in [0, 0.1) is 18.2 Å². The molecule has 0 aliphatic rings. The highest BCUT2D eigenvalue weighted by Crippen LogP contribution is 2.41. The van der Waals surface area contributed by atoms with Crippen molar-refractivity contribution in [1.82, 2.24) is 4.57 Å². The van der Waals surface area contributed by atoms with Crippen LogP contribution in [0.5, 0.6) is 5.75 Å². The Balaban J connectivity index is 2.61. The van der Waals surface area contributed by atoms with Gasteiger partial charge in [-0.3, -0.25) is 0 Å². The van der Waals surface area contributed by atoms with Crippen LogP contribution in [0.1, 0.15) is 5.69 Å². The zero-order chi connectivity index (χ0) is 17.4. The Hall–Kier alpha value is -1.65. The first-order valence-corrected chi connectivity index (χ1v) is 7.32. The molecule has 0 aliphatic carbocycles. The van der Waals surface area contributed by atoms with E-state index in [1.165, 1.54) is 13.1 Å². The summed E-state index contributed by atoms with van der Waals surface area (Å²) in [5.74, 6) is 1.54. The summed E-state index contributed by atoms with van der Waals surface area (Å²) >= 11 is 8.89. The van der Waals surface area contributed by atoms with E-state index in [-0.39, 0.29) is 33.1 Å². The largest absolute Gasteiger partial charge is 0.479 e. The molecular weight excluding hydrogens is 402 g/mol. The van der Waals surface area contributed by atoms with Gasteiger partial charge in [-0.25, -0.2) is 4.39 Å². The van der Waals surface area contributed by atoms with Crippen molar-refractivity contribution in [1.29, 1.82) is 0 Å². The van der Waals surface area contributed by atoms with Gasteiger partial charge in [-0.2, -0.15) is 13.2 Å². The minimum absolute atomic E-state index is 0.0235. The van der Waals surface area contributed by atoms with Crippen molar-refractivity contribution in [3.63, 3.8) is 0 Å². The van der Waals surface area contributed by atoms with Gasteiger partial charge >= 0.3 is 6.18 Å². The van der Waals surface area contributed by atoms with E-state index in [0.717, 1.165) is 16.7 Å². The van der Waals surface area contributed by atoms with Crippen LogP contribution in [-0.4, -0.2) is 11.2 Å². The maximum absolute atomic E-state index is 14.2. The summed E-state index contributed by atoms with van der Waals surface area (Å²) in [6, 6.07) is 3.03. The Morgan fingerprint density at radius 2 is 1.96 bits per heavy atom. The standard InChI is InChI=1S/C15H9BrClF4NO/c1-3-4-23-12-5-8(11(18)7-10(12)17)9-6-13(15(19,20)21)22(2)14(9)16/h1,5-7H,4H2,2H3. The quantitative estimate of drug-likeness (QED) is 0.496. The summed E-state index contributed by atoms with van der Waals surface area (Å²) in [5.41, 5.74) is -0.973. The highest BCUT2D eigenvalue weighted by Gasteiger charge is 2.36. The van der Waals surface area contributed by atoms with Crippen LogP contribution in [0.3, 0.4) is 0 Å². The Morgan fingerprint density at radius 3 is 2.48 bits per heavy atom. The van der Waals surface area contributed by atoms with Gasteiger partial charge in [0.2, 0.25) is 0 Å². The van der Waals surface area contributed by atoms with E-state index in [2.05, 4.69) is 21.9 Å². The fourth-order valence-corrected chi connectivity index (χ4v) is 2.73. The fraction of sp³-hybridized carbons (Fsp3) is 0.200. The van der Waals surface area contributed by atoms with Gasteiger partial charge in [-0.15, -0.1) is 6.42 Å². The number of terminal acetylenes is 1. The number of nitrogens with zero attached hydrogens (tertiary/aromatic N) is 1. The van der Waals surface area contributed by atoms with Crippen molar-refractivity contribution in [2.75, 3.05) is 6.61 Å². The van der Waals surface area contributed by atoms with E-state index in [9.17, 15) is 17.6 Å². The number of ether oxygens (including phenoxy) is 1. The number of aromatic nitrogens is 1. The van der Waals surface area contributed by atoms with Crippen molar-refractivity contribution < 1.29 is 22.3 Å². The molecule has 0 saturated heterocycles. The molecule has 0 saturated carbocycles. The van der Waals surface area contributed by atoms with E-state index in [0.29, 0.717) is 0 Å². The third-order valence-corrected chi connectivity index (χ3v) is 4.33. The molecule has 0 amide bonds. The number of rotatable bonds is 3. The van der Waals surface area contributed by atoms with Crippen LogP contribution in [0.25, 0.3) is 11.1 Å². The van der Waals surface area contributed by atoms with E-state index in [1.54, 1.807) is 0 Å². The predicted octanol–water partition coefficient (Wildman–Crippen LogP) is 5.28. The second-order valence-corrected chi connectivity index (χ2v) is 5.70. The lowest BCUT2D eigenvalue weighted by molar-refractivity contribution is -0.143. The van der Waals surface area contributed by atoms with Crippen LogP contribution in [0.2, 0.25) is 5.02 Å². The average molecular weight is 411 g/mol. The summed E-state index contributed by atoms with van der Waals surface area (Å²) in [4.78, 5) is 0. The first-order chi connectivity index (χ1) is 10.7. The lowest BCUT2D eigenvalue weighted by atomic mass is 10.1. The third kappa shape index (κ3) is 3.48. The van der Waals surface area contributed by atoms with Crippen LogP contribution < -0.4 is 4.74 Å². The second-order valence-electron chi connectivity index (χ2n) is 4.55. The van der Waals surface area contributed by atoms with Gasteiger partial charge in [0, 0.05) is 18.2 Å². The molecule has 1 aromatic heterocycles. The van der Waals surface area contributed by atoms with Gasteiger partial charge in [0.1, 0.15) is 23.9 Å². The van der Waals surface area contributed by atoms with Crippen molar-refractivity contribution in [3.05, 3.63) is 39.3 Å². The molecule has 0 atom stereocenters. The SMILES string of the molecule is C#CCOc1cc(-c2cc(C(F)(F)F)n(C)c2Br)c(F)cc1Cl.